The van der Waals surface area contributed by atoms with Gasteiger partial charge in [-0.25, -0.2) is 0 Å². The van der Waals surface area contributed by atoms with Gasteiger partial charge in [-0.2, -0.15) is 10.5 Å². The fourth-order valence-corrected chi connectivity index (χ4v) is 8.31. The molecule has 6 aromatic carbocycles. The molecule has 3 aliphatic carbocycles. The Morgan fingerprint density at radius 2 is 1.16 bits per heavy atom. The molecule has 0 spiro atoms. The number of hydrogen-bond donors (Lipinski definition) is 0. The van der Waals surface area contributed by atoms with Gasteiger partial charge in [-0.1, -0.05) is 78.9 Å². The second kappa shape index (κ2) is 7.89. The lowest BCUT2D eigenvalue weighted by Gasteiger charge is -2.43. The Labute approximate surface area is 247 Å². The lowest BCUT2D eigenvalue weighted by atomic mass is 9.59. The number of hydrogen-bond acceptors (Lipinski definition) is 2. The molecule has 43 heavy (non-hydrogen) atoms. The van der Waals surface area contributed by atoms with Crippen molar-refractivity contribution in [3.63, 3.8) is 0 Å². The molecule has 0 amide bonds. The Morgan fingerprint density at radius 3 is 1.98 bits per heavy atom. The third-order valence-electron chi connectivity index (χ3n) is 9.93. The van der Waals surface area contributed by atoms with Crippen molar-refractivity contribution in [2.45, 2.75) is 11.8 Å². The van der Waals surface area contributed by atoms with E-state index < -0.39 is 0 Å². The zero-order chi connectivity index (χ0) is 28.4. The van der Waals surface area contributed by atoms with Crippen molar-refractivity contribution in [2.75, 3.05) is 0 Å². The van der Waals surface area contributed by atoms with Gasteiger partial charge in [-0.15, -0.1) is 0 Å². The van der Waals surface area contributed by atoms with Crippen LogP contribution in [-0.4, -0.2) is 4.40 Å². The maximum absolute atomic E-state index is 10.2. The van der Waals surface area contributed by atoms with Crippen LogP contribution in [0.3, 0.4) is 0 Å². The van der Waals surface area contributed by atoms with E-state index in [0.29, 0.717) is 11.1 Å². The first-order valence-corrected chi connectivity index (χ1v) is 14.6. The summed E-state index contributed by atoms with van der Waals surface area (Å²) in [5, 5.41) is 25.0. The van der Waals surface area contributed by atoms with Crippen LogP contribution in [0.1, 0.15) is 56.3 Å². The Balaban J connectivity index is 1.30. The monoisotopic (exact) mass is 543 g/mol. The number of benzene rings is 6. The maximum atomic E-state index is 10.2. The standard InChI is InChI=1S/C40H21N3/c41-20-22-12-14-29-33(16-22)37-27-7-1-2-8-28(27)38(29)39-32(17-23(21-42)18-34(37)39)24-13-15-26-31-10-5-9-30-25-6-3-4-11-35(25)43(40(30)31)36(26)19-24/h1-19,37-38H. The van der Waals surface area contributed by atoms with E-state index >= 15 is 0 Å². The van der Waals surface area contributed by atoms with Gasteiger partial charge < -0.3 is 4.40 Å². The normalized spacial score (nSPS) is 16.3. The number of fused-ring (bicyclic) bond motifs is 6. The van der Waals surface area contributed by atoms with E-state index in [1.165, 1.54) is 71.5 Å². The molecule has 3 aliphatic rings. The van der Waals surface area contributed by atoms with Gasteiger partial charge in [0.15, 0.2) is 0 Å². The SMILES string of the molecule is N#Cc1ccc2c(c1)C1c3ccccc3C2c2c(-c3ccc4c5cccc6c7ccccc7n(c4c3)c65)cc(C#N)cc21. The second-order valence-corrected chi connectivity index (χ2v) is 11.9. The van der Waals surface area contributed by atoms with E-state index in [-0.39, 0.29) is 11.8 Å². The molecule has 0 radical (unpaired) electrons. The van der Waals surface area contributed by atoms with Crippen molar-refractivity contribution in [1.29, 1.82) is 10.5 Å². The molecule has 0 N–H and O–H groups in total. The lowest BCUT2D eigenvalue weighted by molar-refractivity contribution is 0.755. The van der Waals surface area contributed by atoms with Crippen LogP contribution in [-0.2, 0) is 0 Å². The van der Waals surface area contributed by atoms with E-state index in [2.05, 4.69) is 126 Å². The van der Waals surface area contributed by atoms with Gasteiger partial charge in [0, 0.05) is 33.4 Å². The highest BCUT2D eigenvalue weighted by Gasteiger charge is 2.43. The molecule has 8 aromatic rings. The number of nitriles is 2. The van der Waals surface area contributed by atoms with E-state index in [1.54, 1.807) is 0 Å². The molecule has 2 heterocycles. The fourth-order valence-electron chi connectivity index (χ4n) is 8.31. The number of aromatic nitrogens is 1. The minimum atomic E-state index is -0.0155. The van der Waals surface area contributed by atoms with Crippen LogP contribution in [0.2, 0.25) is 0 Å². The van der Waals surface area contributed by atoms with Gasteiger partial charge in [0.05, 0.1) is 39.8 Å². The zero-order valence-electron chi connectivity index (χ0n) is 23.0. The summed E-state index contributed by atoms with van der Waals surface area (Å²) in [6, 6.07) is 45.9. The van der Waals surface area contributed by atoms with Crippen LogP contribution < -0.4 is 0 Å². The predicted molar refractivity (Wildman–Crippen MR) is 171 cm³/mol. The summed E-state index contributed by atoms with van der Waals surface area (Å²) in [4.78, 5) is 0. The van der Waals surface area contributed by atoms with Crippen molar-refractivity contribution in [1.82, 2.24) is 4.40 Å². The first-order valence-electron chi connectivity index (χ1n) is 14.6. The predicted octanol–water partition coefficient (Wildman–Crippen LogP) is 9.23. The van der Waals surface area contributed by atoms with Crippen LogP contribution >= 0.6 is 0 Å². The summed E-state index contributed by atoms with van der Waals surface area (Å²) in [7, 11) is 0. The largest absolute Gasteiger partial charge is 0.308 e. The Hall–Kier alpha value is -5.90. The third-order valence-corrected chi connectivity index (χ3v) is 9.93. The van der Waals surface area contributed by atoms with Crippen molar-refractivity contribution < 1.29 is 0 Å². The van der Waals surface area contributed by atoms with Crippen LogP contribution in [0, 0.1) is 22.7 Å². The Morgan fingerprint density at radius 1 is 0.488 bits per heavy atom. The van der Waals surface area contributed by atoms with E-state index in [4.69, 9.17) is 0 Å². The van der Waals surface area contributed by atoms with Crippen LogP contribution in [0.25, 0.3) is 49.2 Å². The molecule has 3 nitrogen and oxygen atoms in total. The third kappa shape index (κ3) is 2.73. The lowest BCUT2D eigenvalue weighted by Crippen LogP contribution is -2.28. The average Bonchev–Trinajstić information content (AvgIpc) is 3.59. The molecular formula is C40H21N3. The van der Waals surface area contributed by atoms with Crippen molar-refractivity contribution >= 4 is 38.1 Å². The Kier molecular flexibility index (Phi) is 4.17. The highest BCUT2D eigenvalue weighted by atomic mass is 14.9. The summed E-state index contributed by atoms with van der Waals surface area (Å²) in [5.74, 6) is 0.0181. The highest BCUT2D eigenvalue weighted by molar-refractivity contribution is 6.23. The number of nitrogens with zero attached hydrogens (tertiary/aromatic N) is 3. The second-order valence-electron chi connectivity index (χ2n) is 11.9. The first-order chi connectivity index (χ1) is 21.2. The number of rotatable bonds is 1. The van der Waals surface area contributed by atoms with Gasteiger partial charge in [-0.3, -0.25) is 0 Å². The minimum absolute atomic E-state index is 0.0155. The van der Waals surface area contributed by atoms with Gasteiger partial charge in [-0.05, 0) is 80.9 Å². The average molecular weight is 544 g/mol. The minimum Gasteiger partial charge on any atom is -0.308 e. The van der Waals surface area contributed by atoms with Gasteiger partial charge >= 0.3 is 0 Å². The summed E-state index contributed by atoms with van der Waals surface area (Å²) in [6.45, 7) is 0. The van der Waals surface area contributed by atoms with E-state index in [9.17, 15) is 10.5 Å². The first kappa shape index (κ1) is 22.8. The maximum Gasteiger partial charge on any atom is 0.0991 e. The van der Waals surface area contributed by atoms with Gasteiger partial charge in [0.1, 0.15) is 0 Å². The van der Waals surface area contributed by atoms with Crippen molar-refractivity contribution in [3.8, 4) is 23.3 Å². The van der Waals surface area contributed by atoms with Crippen LogP contribution in [0.4, 0.5) is 0 Å². The zero-order valence-corrected chi connectivity index (χ0v) is 23.0. The molecule has 0 saturated heterocycles. The molecule has 2 atom stereocenters. The molecule has 2 aromatic heterocycles. The van der Waals surface area contributed by atoms with Crippen LogP contribution in [0.15, 0.2) is 115 Å². The molecule has 196 valence electrons. The molecule has 0 aliphatic heterocycles. The summed E-state index contributed by atoms with van der Waals surface area (Å²) in [6.07, 6.45) is 0. The van der Waals surface area contributed by atoms with Crippen molar-refractivity contribution in [2.24, 2.45) is 0 Å². The number of para-hydroxylation sites is 2. The van der Waals surface area contributed by atoms with Gasteiger partial charge in [0.2, 0.25) is 0 Å². The molecule has 2 unspecified atom stereocenters. The summed E-state index contributed by atoms with van der Waals surface area (Å²) in [5.41, 5.74) is 14.7. The van der Waals surface area contributed by atoms with Crippen molar-refractivity contribution in [3.05, 3.63) is 160 Å². The Bertz CT molecular complexity index is 2610. The fraction of sp³-hybridized carbons (Fsp3) is 0.0500. The summed E-state index contributed by atoms with van der Waals surface area (Å²) < 4.78 is 2.42. The molecular weight excluding hydrogens is 522 g/mol. The van der Waals surface area contributed by atoms with Gasteiger partial charge in [0.25, 0.3) is 0 Å². The topological polar surface area (TPSA) is 52.0 Å². The summed E-state index contributed by atoms with van der Waals surface area (Å²) >= 11 is 0. The van der Waals surface area contributed by atoms with E-state index in [1.807, 2.05) is 6.07 Å². The smallest absolute Gasteiger partial charge is 0.0991 e. The molecule has 0 fully saturated rings. The molecule has 2 bridgehead atoms. The van der Waals surface area contributed by atoms with E-state index in [0.717, 1.165) is 11.1 Å². The van der Waals surface area contributed by atoms with Crippen LogP contribution in [0.5, 0.6) is 0 Å². The molecule has 3 heteroatoms. The molecule has 0 saturated carbocycles. The quantitative estimate of drug-likeness (QED) is 0.207. The molecule has 11 rings (SSSR count). The highest BCUT2D eigenvalue weighted by Crippen LogP contribution is 2.58.